The molecule has 31 heavy (non-hydrogen) atoms. The number of hydrogen-bond acceptors (Lipinski definition) is 7. The lowest BCUT2D eigenvalue weighted by molar-refractivity contribution is -0.136. The molecule has 7 nitrogen and oxygen atoms in total. The van der Waals surface area contributed by atoms with Crippen molar-refractivity contribution in [2.45, 2.75) is 20.3 Å². The number of ketones is 1. The van der Waals surface area contributed by atoms with Crippen molar-refractivity contribution in [1.29, 1.82) is 0 Å². The van der Waals surface area contributed by atoms with Crippen LogP contribution in [0.15, 0.2) is 42.5 Å². The molecular formula is C24H28O7. The first-order chi connectivity index (χ1) is 15.0. The monoisotopic (exact) mass is 428 g/mol. The van der Waals surface area contributed by atoms with E-state index < -0.39 is 5.97 Å². The third-order valence-electron chi connectivity index (χ3n) is 4.19. The minimum Gasteiger partial charge on any atom is -0.493 e. The van der Waals surface area contributed by atoms with Gasteiger partial charge in [-0.15, -0.1) is 0 Å². The zero-order valence-electron chi connectivity index (χ0n) is 18.3. The van der Waals surface area contributed by atoms with Crippen LogP contribution in [0, 0.1) is 0 Å². The van der Waals surface area contributed by atoms with Gasteiger partial charge in [0.25, 0.3) is 0 Å². The summed E-state index contributed by atoms with van der Waals surface area (Å²) in [5.41, 5.74) is 1.11. The molecule has 166 valence electrons. The summed E-state index contributed by atoms with van der Waals surface area (Å²) < 4.78 is 26.7. The number of esters is 1. The second kappa shape index (κ2) is 12.3. The van der Waals surface area contributed by atoms with E-state index in [-0.39, 0.29) is 12.4 Å². The Kier molecular flexibility index (Phi) is 9.42. The molecule has 0 spiro atoms. The molecule has 0 heterocycles. The van der Waals surface area contributed by atoms with E-state index in [9.17, 15) is 9.59 Å². The average molecular weight is 428 g/mol. The van der Waals surface area contributed by atoms with Crippen LogP contribution in [-0.4, -0.2) is 45.8 Å². The minimum absolute atomic E-state index is 0.348. The van der Waals surface area contributed by atoms with Crippen molar-refractivity contribution in [3.05, 3.63) is 53.6 Å². The van der Waals surface area contributed by atoms with Gasteiger partial charge in [0.1, 0.15) is 0 Å². The smallest absolute Gasteiger partial charge is 0.331 e. The molecule has 0 amide bonds. The number of ether oxygens (including phenoxy) is 5. The van der Waals surface area contributed by atoms with Crippen molar-refractivity contribution < 1.29 is 33.3 Å². The summed E-state index contributed by atoms with van der Waals surface area (Å²) in [4.78, 5) is 24.3. The lowest BCUT2D eigenvalue weighted by Crippen LogP contribution is -2.12. The van der Waals surface area contributed by atoms with Gasteiger partial charge in [-0.3, -0.25) is 4.79 Å². The fourth-order valence-corrected chi connectivity index (χ4v) is 2.67. The number of hydrogen-bond donors (Lipinski definition) is 0. The third kappa shape index (κ3) is 7.06. The van der Waals surface area contributed by atoms with Gasteiger partial charge in [0.15, 0.2) is 35.4 Å². The van der Waals surface area contributed by atoms with Gasteiger partial charge in [-0.1, -0.05) is 13.0 Å². The van der Waals surface area contributed by atoms with E-state index in [1.807, 2.05) is 19.9 Å². The normalized spacial score (nSPS) is 10.6. The van der Waals surface area contributed by atoms with Crippen LogP contribution < -0.4 is 18.9 Å². The van der Waals surface area contributed by atoms with Gasteiger partial charge in [-0.25, -0.2) is 4.79 Å². The molecule has 0 aromatic heterocycles. The van der Waals surface area contributed by atoms with Crippen LogP contribution in [0.1, 0.15) is 36.2 Å². The highest BCUT2D eigenvalue weighted by molar-refractivity contribution is 5.99. The Balaban J connectivity index is 1.97. The van der Waals surface area contributed by atoms with Gasteiger partial charge in [-0.2, -0.15) is 0 Å². The van der Waals surface area contributed by atoms with Crippen LogP contribution in [0.3, 0.4) is 0 Å². The molecule has 7 heteroatoms. The highest BCUT2D eigenvalue weighted by atomic mass is 16.5. The number of carbonyl (C=O) groups excluding carboxylic acids is 2. The first-order valence-corrected chi connectivity index (χ1v) is 10.0. The van der Waals surface area contributed by atoms with E-state index in [2.05, 4.69) is 0 Å². The lowest BCUT2D eigenvalue weighted by Gasteiger charge is -2.12. The molecule has 0 aliphatic rings. The number of rotatable bonds is 12. The third-order valence-corrected chi connectivity index (χ3v) is 4.19. The van der Waals surface area contributed by atoms with E-state index in [4.69, 9.17) is 23.7 Å². The Morgan fingerprint density at radius 1 is 0.871 bits per heavy atom. The van der Waals surface area contributed by atoms with Crippen molar-refractivity contribution in [3.63, 3.8) is 0 Å². The summed E-state index contributed by atoms with van der Waals surface area (Å²) in [6.45, 7) is 4.62. The van der Waals surface area contributed by atoms with Crippen molar-refractivity contribution in [2.75, 3.05) is 34.0 Å². The summed E-state index contributed by atoms with van der Waals surface area (Å²) in [7, 11) is 2.99. The predicted molar refractivity (Wildman–Crippen MR) is 117 cm³/mol. The highest BCUT2D eigenvalue weighted by Crippen LogP contribution is 2.29. The summed E-state index contributed by atoms with van der Waals surface area (Å²) in [6.07, 6.45) is 3.75. The second-order valence-corrected chi connectivity index (χ2v) is 6.42. The molecule has 0 bridgehead atoms. The zero-order chi connectivity index (χ0) is 22.6. The number of Topliss-reactive ketones (excluding diaryl/α,β-unsaturated/α-hetero) is 1. The number of methoxy groups -OCH3 is 2. The zero-order valence-corrected chi connectivity index (χ0v) is 18.3. The van der Waals surface area contributed by atoms with Gasteiger partial charge < -0.3 is 23.7 Å². The van der Waals surface area contributed by atoms with Crippen LogP contribution in [0.5, 0.6) is 23.0 Å². The lowest BCUT2D eigenvalue weighted by atomic mass is 10.1. The predicted octanol–water partition coefficient (Wildman–Crippen LogP) is 4.33. The topological polar surface area (TPSA) is 80.3 Å². The summed E-state index contributed by atoms with van der Waals surface area (Å²) in [6, 6.07) is 10.1. The maximum absolute atomic E-state index is 12.3. The first kappa shape index (κ1) is 23.8. The molecule has 2 rings (SSSR count). The first-order valence-electron chi connectivity index (χ1n) is 10.0. The Morgan fingerprint density at radius 2 is 1.61 bits per heavy atom. The Labute approximate surface area is 182 Å². The van der Waals surface area contributed by atoms with Gasteiger partial charge in [0, 0.05) is 11.6 Å². The van der Waals surface area contributed by atoms with Crippen LogP contribution >= 0.6 is 0 Å². The number of carbonyl (C=O) groups is 2. The molecule has 0 aliphatic carbocycles. The van der Waals surface area contributed by atoms with Crippen LogP contribution in [-0.2, 0) is 9.53 Å². The van der Waals surface area contributed by atoms with E-state index >= 15 is 0 Å². The van der Waals surface area contributed by atoms with Crippen molar-refractivity contribution >= 4 is 17.8 Å². The van der Waals surface area contributed by atoms with E-state index in [0.717, 1.165) is 12.0 Å². The summed E-state index contributed by atoms with van der Waals surface area (Å²) in [5, 5.41) is 0. The molecular weight excluding hydrogens is 400 g/mol. The van der Waals surface area contributed by atoms with Crippen LogP contribution in [0.2, 0.25) is 0 Å². The Hall–Kier alpha value is -3.48. The molecule has 2 aromatic carbocycles. The molecule has 0 radical (unpaired) electrons. The van der Waals surface area contributed by atoms with Gasteiger partial charge >= 0.3 is 5.97 Å². The van der Waals surface area contributed by atoms with Gasteiger partial charge in [0.05, 0.1) is 27.4 Å². The maximum Gasteiger partial charge on any atom is 0.331 e. The quantitative estimate of drug-likeness (QED) is 0.283. The average Bonchev–Trinajstić information content (AvgIpc) is 2.80. The van der Waals surface area contributed by atoms with E-state index in [1.54, 1.807) is 36.4 Å². The van der Waals surface area contributed by atoms with E-state index in [1.165, 1.54) is 20.3 Å². The molecule has 0 N–H and O–H groups in total. The minimum atomic E-state index is -0.627. The van der Waals surface area contributed by atoms with Gasteiger partial charge in [0.2, 0.25) is 0 Å². The van der Waals surface area contributed by atoms with Crippen molar-refractivity contribution in [2.24, 2.45) is 0 Å². The Morgan fingerprint density at radius 3 is 2.29 bits per heavy atom. The Bertz CT molecular complexity index is 918. The molecule has 0 fully saturated rings. The molecule has 2 aromatic rings. The maximum atomic E-state index is 12.3. The fraction of sp³-hybridized carbons (Fsp3) is 0.333. The largest absolute Gasteiger partial charge is 0.493 e. The summed E-state index contributed by atoms with van der Waals surface area (Å²) in [5.74, 6) is 1.23. The molecule has 0 atom stereocenters. The standard InChI is InChI=1S/C24H28O7/c1-5-13-30-21-10-7-17(14-23(21)29-6-2)8-12-24(26)31-16-19(25)18-9-11-20(27-3)22(15-18)28-4/h7-12,14-15H,5-6,13,16H2,1-4H3/b12-8+. The summed E-state index contributed by atoms with van der Waals surface area (Å²) >= 11 is 0. The van der Waals surface area contributed by atoms with Crippen LogP contribution in [0.4, 0.5) is 0 Å². The van der Waals surface area contributed by atoms with Crippen molar-refractivity contribution in [3.8, 4) is 23.0 Å². The molecule has 0 saturated heterocycles. The SMILES string of the molecule is CCCOc1ccc(/C=C/C(=O)OCC(=O)c2ccc(OC)c(OC)c2)cc1OCC. The highest BCUT2D eigenvalue weighted by Gasteiger charge is 2.12. The van der Waals surface area contributed by atoms with Gasteiger partial charge in [-0.05, 0) is 55.3 Å². The molecule has 0 unspecified atom stereocenters. The van der Waals surface area contributed by atoms with Crippen molar-refractivity contribution in [1.82, 2.24) is 0 Å². The molecule has 0 aliphatic heterocycles. The van der Waals surface area contributed by atoms with Crippen LogP contribution in [0.25, 0.3) is 6.08 Å². The molecule has 0 saturated carbocycles. The number of benzene rings is 2. The van der Waals surface area contributed by atoms with E-state index in [0.29, 0.717) is 41.8 Å². The second-order valence-electron chi connectivity index (χ2n) is 6.42. The fourth-order valence-electron chi connectivity index (χ4n) is 2.67.